The molecule has 1 aromatic heterocycles. The van der Waals surface area contributed by atoms with E-state index in [0.717, 1.165) is 31.8 Å². The van der Waals surface area contributed by atoms with Gasteiger partial charge in [0.05, 0.1) is 16.9 Å². The topological polar surface area (TPSA) is 58.4 Å². The largest absolute Gasteiger partial charge is 0.508 e. The van der Waals surface area contributed by atoms with E-state index in [1.54, 1.807) is 22.8 Å². The molecule has 0 radical (unpaired) electrons. The van der Waals surface area contributed by atoms with Crippen LogP contribution in [0.15, 0.2) is 23.0 Å². The van der Waals surface area contributed by atoms with Gasteiger partial charge in [0.1, 0.15) is 11.6 Å². The highest BCUT2D eigenvalue weighted by atomic mass is 16.3. The monoisotopic (exact) mass is 343 g/mol. The number of rotatable bonds is 4. The van der Waals surface area contributed by atoms with Gasteiger partial charge in [0.25, 0.3) is 5.56 Å². The van der Waals surface area contributed by atoms with Crippen LogP contribution in [0.4, 0.5) is 0 Å². The molecule has 1 N–H and O–H groups in total. The smallest absolute Gasteiger partial charge is 0.261 e. The summed E-state index contributed by atoms with van der Waals surface area (Å²) in [6, 6.07) is 4.93. The van der Waals surface area contributed by atoms with Crippen molar-refractivity contribution in [2.45, 2.75) is 46.1 Å². The summed E-state index contributed by atoms with van der Waals surface area (Å²) in [5.74, 6) is 2.27. The van der Waals surface area contributed by atoms with Crippen molar-refractivity contribution in [3.63, 3.8) is 0 Å². The van der Waals surface area contributed by atoms with Crippen LogP contribution >= 0.6 is 0 Å². The van der Waals surface area contributed by atoms with Crippen LogP contribution in [0.1, 0.15) is 51.9 Å². The maximum atomic E-state index is 12.8. The Hall–Kier alpha value is -1.88. The summed E-state index contributed by atoms with van der Waals surface area (Å²) < 4.78 is 1.70. The maximum absolute atomic E-state index is 12.8. The Morgan fingerprint density at radius 1 is 1.28 bits per heavy atom. The average Bonchev–Trinajstić information content (AvgIpc) is 2.55. The lowest BCUT2D eigenvalue weighted by Gasteiger charge is -2.40. The van der Waals surface area contributed by atoms with Crippen LogP contribution in [0.5, 0.6) is 5.75 Å². The van der Waals surface area contributed by atoms with Crippen molar-refractivity contribution in [2.24, 2.45) is 18.9 Å². The Kier molecular flexibility index (Phi) is 5.13. The van der Waals surface area contributed by atoms with Crippen LogP contribution in [0.25, 0.3) is 10.9 Å². The molecular weight excluding hydrogens is 314 g/mol. The van der Waals surface area contributed by atoms with Gasteiger partial charge in [0.2, 0.25) is 0 Å². The molecule has 25 heavy (non-hydrogen) atoms. The SMILES string of the molecule is CCCC(c1nc2cc(O)ccc2c(=O)n1C)N1C[C@H](C)C[C@H](C)C1. The number of likely N-dealkylation sites (tertiary alicyclic amines) is 1. The highest BCUT2D eigenvalue weighted by Crippen LogP contribution is 2.31. The van der Waals surface area contributed by atoms with Gasteiger partial charge in [-0.1, -0.05) is 27.2 Å². The third-order valence-corrected chi connectivity index (χ3v) is 5.29. The summed E-state index contributed by atoms with van der Waals surface area (Å²) in [6.45, 7) is 8.87. The van der Waals surface area contributed by atoms with Gasteiger partial charge in [-0.2, -0.15) is 0 Å². The minimum Gasteiger partial charge on any atom is -0.508 e. The van der Waals surface area contributed by atoms with Gasteiger partial charge < -0.3 is 5.11 Å². The van der Waals surface area contributed by atoms with Gasteiger partial charge in [-0.05, 0) is 36.8 Å². The fraction of sp³-hybridized carbons (Fsp3) is 0.600. The van der Waals surface area contributed by atoms with Crippen LogP contribution in [0, 0.1) is 11.8 Å². The van der Waals surface area contributed by atoms with Crippen LogP contribution < -0.4 is 5.56 Å². The molecule has 3 rings (SSSR count). The molecule has 2 heterocycles. The van der Waals surface area contributed by atoms with Gasteiger partial charge >= 0.3 is 0 Å². The van der Waals surface area contributed by atoms with E-state index in [2.05, 4.69) is 25.7 Å². The van der Waals surface area contributed by atoms with E-state index in [4.69, 9.17) is 4.98 Å². The molecule has 1 aliphatic rings. The van der Waals surface area contributed by atoms with Crippen LogP contribution in [0.3, 0.4) is 0 Å². The number of fused-ring (bicyclic) bond motifs is 1. The second-order valence-electron chi connectivity index (χ2n) is 7.74. The average molecular weight is 343 g/mol. The normalized spacial score (nSPS) is 23.0. The lowest BCUT2D eigenvalue weighted by molar-refractivity contribution is 0.0841. The predicted molar refractivity (Wildman–Crippen MR) is 101 cm³/mol. The summed E-state index contributed by atoms with van der Waals surface area (Å²) in [5.41, 5.74) is 0.538. The lowest BCUT2D eigenvalue weighted by Crippen LogP contribution is -2.43. The van der Waals surface area contributed by atoms with Crippen molar-refractivity contribution in [3.05, 3.63) is 34.4 Å². The zero-order valence-corrected chi connectivity index (χ0v) is 15.7. The van der Waals surface area contributed by atoms with E-state index >= 15 is 0 Å². The number of benzene rings is 1. The zero-order valence-electron chi connectivity index (χ0n) is 15.7. The molecule has 0 spiro atoms. The molecule has 136 valence electrons. The van der Waals surface area contributed by atoms with Crippen LogP contribution in [-0.4, -0.2) is 32.6 Å². The molecule has 2 aromatic rings. The van der Waals surface area contributed by atoms with E-state index in [0.29, 0.717) is 22.7 Å². The van der Waals surface area contributed by atoms with Crippen molar-refractivity contribution in [1.82, 2.24) is 14.5 Å². The molecule has 0 amide bonds. The second-order valence-corrected chi connectivity index (χ2v) is 7.74. The molecule has 1 unspecified atom stereocenters. The minimum atomic E-state index is -0.0424. The fourth-order valence-corrected chi connectivity index (χ4v) is 4.29. The first-order valence-corrected chi connectivity index (χ1v) is 9.34. The molecule has 5 nitrogen and oxygen atoms in total. The van der Waals surface area contributed by atoms with Crippen LogP contribution in [0.2, 0.25) is 0 Å². The molecule has 1 aromatic carbocycles. The van der Waals surface area contributed by atoms with Crippen molar-refractivity contribution in [1.29, 1.82) is 0 Å². The van der Waals surface area contributed by atoms with Crippen molar-refractivity contribution in [3.8, 4) is 5.75 Å². The molecule has 1 saturated heterocycles. The van der Waals surface area contributed by atoms with Gasteiger partial charge in [-0.25, -0.2) is 4.98 Å². The first-order chi connectivity index (χ1) is 11.9. The maximum Gasteiger partial charge on any atom is 0.261 e. The Bertz CT molecular complexity index is 804. The Morgan fingerprint density at radius 3 is 2.60 bits per heavy atom. The number of piperidine rings is 1. The van der Waals surface area contributed by atoms with Gasteiger partial charge in [0, 0.05) is 26.2 Å². The summed E-state index contributed by atoms with van der Waals surface area (Å²) in [5, 5.41) is 10.3. The van der Waals surface area contributed by atoms with Gasteiger partial charge in [-0.15, -0.1) is 0 Å². The molecule has 1 aliphatic heterocycles. The number of hydrogen-bond donors (Lipinski definition) is 1. The number of phenols is 1. The first-order valence-electron chi connectivity index (χ1n) is 9.34. The summed E-state index contributed by atoms with van der Waals surface area (Å²) >= 11 is 0. The standard InChI is InChI=1S/C20H29N3O2/c1-5-6-18(23-11-13(2)9-14(3)12-23)19-21-17-10-15(24)7-8-16(17)20(25)22(19)4/h7-8,10,13-14,18,24H,5-6,9,11-12H2,1-4H3/t13-,14+,18?. The van der Waals surface area contributed by atoms with Crippen molar-refractivity contribution < 1.29 is 5.11 Å². The second kappa shape index (κ2) is 7.16. The highest BCUT2D eigenvalue weighted by molar-refractivity contribution is 5.79. The van der Waals surface area contributed by atoms with E-state index in [-0.39, 0.29) is 17.4 Å². The first kappa shape index (κ1) is 17.9. The summed E-state index contributed by atoms with van der Waals surface area (Å²) in [6.07, 6.45) is 3.27. The zero-order chi connectivity index (χ0) is 18.1. The van der Waals surface area contributed by atoms with E-state index in [1.165, 1.54) is 6.42 Å². The quantitative estimate of drug-likeness (QED) is 0.924. The number of nitrogens with zero attached hydrogens (tertiary/aromatic N) is 3. The van der Waals surface area contributed by atoms with E-state index in [9.17, 15) is 9.90 Å². The molecule has 0 aliphatic carbocycles. The van der Waals surface area contributed by atoms with Crippen molar-refractivity contribution >= 4 is 10.9 Å². The third-order valence-electron chi connectivity index (χ3n) is 5.29. The number of aromatic hydroxyl groups is 1. The molecule has 0 bridgehead atoms. The van der Waals surface area contributed by atoms with Crippen LogP contribution in [-0.2, 0) is 7.05 Å². The lowest BCUT2D eigenvalue weighted by atomic mass is 9.90. The van der Waals surface area contributed by atoms with E-state index in [1.807, 2.05) is 7.05 Å². The summed E-state index contributed by atoms with van der Waals surface area (Å²) in [4.78, 5) is 20.1. The molecule has 3 atom stereocenters. The number of phenolic OH excluding ortho intramolecular Hbond substituents is 1. The minimum absolute atomic E-state index is 0.0424. The summed E-state index contributed by atoms with van der Waals surface area (Å²) in [7, 11) is 1.82. The van der Waals surface area contributed by atoms with Gasteiger partial charge in [-0.3, -0.25) is 14.3 Å². The molecule has 1 fully saturated rings. The van der Waals surface area contributed by atoms with E-state index < -0.39 is 0 Å². The molecule has 5 heteroatoms. The number of hydrogen-bond acceptors (Lipinski definition) is 4. The predicted octanol–water partition coefficient (Wildman–Crippen LogP) is 3.46. The van der Waals surface area contributed by atoms with Gasteiger partial charge in [0.15, 0.2) is 0 Å². The highest BCUT2D eigenvalue weighted by Gasteiger charge is 2.30. The number of aromatic nitrogens is 2. The Balaban J connectivity index is 2.09. The third kappa shape index (κ3) is 3.56. The Labute approximate surface area is 149 Å². The molecule has 0 saturated carbocycles. The molecular formula is C20H29N3O2. The van der Waals surface area contributed by atoms with Crippen molar-refractivity contribution in [2.75, 3.05) is 13.1 Å². The Morgan fingerprint density at radius 2 is 1.96 bits per heavy atom. The fourth-order valence-electron chi connectivity index (χ4n) is 4.29.